The number of hydrogen-bond donors (Lipinski definition) is 2. The van der Waals surface area contributed by atoms with Gasteiger partial charge in [-0.05, 0) is 93.9 Å². The fourth-order valence-electron chi connectivity index (χ4n) is 9.24. The van der Waals surface area contributed by atoms with Crippen LogP contribution in [0.3, 0.4) is 0 Å². The summed E-state index contributed by atoms with van der Waals surface area (Å²) in [5.41, 5.74) is 9.84. The normalized spacial score (nSPS) is 27.0. The maximum absolute atomic E-state index is 14.8. The third-order valence-electron chi connectivity index (χ3n) is 12.7. The molecule has 0 spiro atoms. The summed E-state index contributed by atoms with van der Waals surface area (Å²) >= 11 is 0. The third kappa shape index (κ3) is 7.95. The number of ether oxygens (including phenoxy) is 2. The first-order valence-electron chi connectivity index (χ1n) is 21.2. The van der Waals surface area contributed by atoms with Gasteiger partial charge in [-0.2, -0.15) is 0 Å². The second kappa shape index (κ2) is 17.9. The molecule has 2 N–H and O–H groups in total. The Bertz CT molecular complexity index is 2060. The Morgan fingerprint density at radius 1 is 0.946 bits per heavy atom. The van der Waals surface area contributed by atoms with E-state index < -0.39 is 12.0 Å². The second-order valence-electron chi connectivity index (χ2n) is 16.2. The number of amides is 2. The van der Waals surface area contributed by atoms with E-state index in [1.54, 1.807) is 0 Å². The fourth-order valence-corrected chi connectivity index (χ4v) is 9.24. The van der Waals surface area contributed by atoms with Gasteiger partial charge in [0.15, 0.2) is 0 Å². The van der Waals surface area contributed by atoms with Crippen LogP contribution >= 0.6 is 0 Å². The molecule has 0 aromatic carbocycles. The van der Waals surface area contributed by atoms with Crippen LogP contribution in [0, 0.1) is 24.7 Å². The number of fused-ring (bicyclic) bond motifs is 5. The van der Waals surface area contributed by atoms with Crippen LogP contribution in [0.1, 0.15) is 124 Å². The van der Waals surface area contributed by atoms with E-state index in [2.05, 4.69) is 77.0 Å². The van der Waals surface area contributed by atoms with Gasteiger partial charge in [-0.1, -0.05) is 66.2 Å². The molecule has 1 fully saturated rings. The number of nitrogens with one attached hydrogen (secondary N) is 2. The molecule has 5 atom stereocenters. The third-order valence-corrected chi connectivity index (χ3v) is 12.7. The minimum absolute atomic E-state index is 0.125. The first-order chi connectivity index (χ1) is 26.9. The lowest BCUT2D eigenvalue weighted by molar-refractivity contribution is -0.148. The van der Waals surface area contributed by atoms with Crippen LogP contribution in [0.25, 0.3) is 12.2 Å². The zero-order chi connectivity index (χ0) is 40.3. The Morgan fingerprint density at radius 3 is 2.38 bits per heavy atom. The highest BCUT2D eigenvalue weighted by Gasteiger charge is 2.52. The summed E-state index contributed by atoms with van der Waals surface area (Å²) in [6, 6.07) is -0.577. The maximum Gasteiger partial charge on any atom is 0.305 e. The van der Waals surface area contributed by atoms with Gasteiger partial charge in [0.1, 0.15) is 0 Å². The van der Waals surface area contributed by atoms with Crippen LogP contribution in [0.2, 0.25) is 0 Å². The Balaban J connectivity index is 1.58. The van der Waals surface area contributed by atoms with E-state index in [9.17, 15) is 14.4 Å². The van der Waals surface area contributed by atoms with Gasteiger partial charge in [-0.25, -0.2) is 4.99 Å². The molecule has 6 heterocycles. The highest BCUT2D eigenvalue weighted by molar-refractivity contribution is 6.24. The fraction of sp³-hybridized carbons (Fsp3) is 0.587. The number of piperidine rings is 1. The molecule has 0 radical (unpaired) electrons. The maximum atomic E-state index is 14.8. The predicted molar refractivity (Wildman–Crippen MR) is 223 cm³/mol. The quantitative estimate of drug-likeness (QED) is 0.108. The summed E-state index contributed by atoms with van der Waals surface area (Å²) in [5.74, 6) is -1.68. The van der Waals surface area contributed by atoms with Crippen LogP contribution in [-0.2, 0) is 30.3 Å². The first-order valence-corrected chi connectivity index (χ1v) is 21.2. The first kappa shape index (κ1) is 41.3. The number of unbranched alkanes of at least 4 members (excludes halogenated alkanes) is 6. The number of esters is 1. The molecule has 3 unspecified atom stereocenters. The topological polar surface area (TPSA) is 125 Å². The van der Waals surface area contributed by atoms with Crippen LogP contribution in [0.4, 0.5) is 0 Å². The summed E-state index contributed by atoms with van der Waals surface area (Å²) in [6.07, 6.45) is 15.9. The van der Waals surface area contributed by atoms with Crippen molar-refractivity contribution in [3.8, 4) is 0 Å². The molecule has 6 rings (SSSR count). The van der Waals surface area contributed by atoms with Crippen molar-refractivity contribution >= 4 is 41.4 Å². The Labute approximate surface area is 333 Å². The Hall–Kier alpha value is -4.31. The molecule has 1 aromatic heterocycles. The molecule has 1 saturated heterocycles. The van der Waals surface area contributed by atoms with Crippen LogP contribution in [-0.4, -0.2) is 71.5 Å². The van der Waals surface area contributed by atoms with Crippen LogP contribution in [0.15, 0.2) is 55.4 Å². The Morgan fingerprint density at radius 2 is 1.68 bits per heavy atom. The van der Waals surface area contributed by atoms with Gasteiger partial charge >= 0.3 is 5.97 Å². The minimum Gasteiger partial charge on any atom is -0.469 e. The molecular formula is C46H63N5O5. The van der Waals surface area contributed by atoms with Crippen molar-refractivity contribution in [1.29, 1.82) is 0 Å². The van der Waals surface area contributed by atoms with E-state index in [1.807, 2.05) is 6.92 Å². The summed E-state index contributed by atoms with van der Waals surface area (Å²) in [4.78, 5) is 57.6. The van der Waals surface area contributed by atoms with E-state index in [0.717, 1.165) is 101 Å². The van der Waals surface area contributed by atoms with Crippen molar-refractivity contribution in [3.05, 3.63) is 67.3 Å². The largest absolute Gasteiger partial charge is 0.469 e. The van der Waals surface area contributed by atoms with Gasteiger partial charge in [0.2, 0.25) is 5.91 Å². The van der Waals surface area contributed by atoms with Crippen molar-refractivity contribution < 1.29 is 23.9 Å². The van der Waals surface area contributed by atoms with Crippen molar-refractivity contribution in [1.82, 2.24) is 15.2 Å². The van der Waals surface area contributed by atoms with Gasteiger partial charge in [-0.3, -0.25) is 24.3 Å². The number of aromatic amines is 1. The molecule has 0 saturated carbocycles. The lowest BCUT2D eigenvalue weighted by atomic mass is 9.79. The molecule has 5 aliphatic rings. The number of rotatable bonds is 16. The molecule has 10 heteroatoms. The zero-order valence-corrected chi connectivity index (χ0v) is 35.2. The molecular weight excluding hydrogens is 703 g/mol. The number of aromatic nitrogens is 1. The van der Waals surface area contributed by atoms with Crippen molar-refractivity contribution in [2.24, 2.45) is 27.7 Å². The standard InChI is InChI=1S/C46H63N5O5/c1-10-13-15-17-21-51-45(53)41-29(7)36-24-37-31(12-3)26(4)33(47-37)25-38-40(30(8)56-22-18-16-14-11-2)28(6)35(48-38)23-34-27(5)32(19-20-39(52)55-9)43(49-34)42(46(51)54)44(41)50-36/h23-25,27,30,32,41,44,47,50H,10-22H2,1-9H3/b33-25-,35-23-,37-24-,43-42+/t27-,30?,32-,41?,44?/m0/s1. The molecule has 2 amide bonds. The number of aliphatic imine (C=N–C) groups is 2. The smallest absolute Gasteiger partial charge is 0.305 e. The van der Waals surface area contributed by atoms with E-state index in [1.165, 1.54) is 30.4 Å². The average Bonchev–Trinajstić information content (AvgIpc) is 3.86. The van der Waals surface area contributed by atoms with Crippen molar-refractivity contribution in [2.45, 2.75) is 138 Å². The monoisotopic (exact) mass is 765 g/mol. The van der Waals surface area contributed by atoms with Gasteiger partial charge in [0.05, 0.1) is 47.9 Å². The summed E-state index contributed by atoms with van der Waals surface area (Å²) in [7, 11) is 1.40. The number of carbonyl (C=O) groups is 3. The molecule has 302 valence electrons. The number of imide groups is 1. The van der Waals surface area contributed by atoms with Crippen molar-refractivity contribution in [2.75, 3.05) is 20.3 Å². The lowest BCUT2D eigenvalue weighted by Crippen LogP contribution is -2.55. The molecule has 8 bridgehead atoms. The average molecular weight is 766 g/mol. The van der Waals surface area contributed by atoms with Gasteiger partial charge in [-0.15, -0.1) is 0 Å². The number of nitrogens with zero attached hydrogens (tertiary/aromatic N) is 3. The molecule has 1 aromatic rings. The number of methoxy groups -OCH3 is 1. The van der Waals surface area contributed by atoms with Crippen molar-refractivity contribution in [3.63, 3.8) is 0 Å². The Kier molecular flexibility index (Phi) is 13.2. The number of hydrogen-bond acceptors (Lipinski definition) is 8. The lowest BCUT2D eigenvalue weighted by Gasteiger charge is -2.37. The highest BCUT2D eigenvalue weighted by Crippen LogP contribution is 2.44. The molecule has 0 aliphatic carbocycles. The molecule has 10 nitrogen and oxygen atoms in total. The molecule has 5 aliphatic heterocycles. The summed E-state index contributed by atoms with van der Waals surface area (Å²) in [5, 5.41) is 5.63. The van der Waals surface area contributed by atoms with Gasteiger partial charge in [0, 0.05) is 59.1 Å². The summed E-state index contributed by atoms with van der Waals surface area (Å²) < 4.78 is 11.6. The van der Waals surface area contributed by atoms with E-state index in [4.69, 9.17) is 19.5 Å². The molecule has 56 heavy (non-hydrogen) atoms. The number of allylic oxidation sites excluding steroid dienone is 4. The van der Waals surface area contributed by atoms with E-state index in [-0.39, 0.29) is 42.1 Å². The number of carbonyl (C=O) groups excluding carboxylic acids is 3. The van der Waals surface area contributed by atoms with Crippen LogP contribution < -0.4 is 16.0 Å². The number of H-pyrrole nitrogens is 1. The summed E-state index contributed by atoms with van der Waals surface area (Å²) in [6.45, 7) is 18.1. The van der Waals surface area contributed by atoms with E-state index in [0.29, 0.717) is 30.8 Å². The second-order valence-corrected chi connectivity index (χ2v) is 16.2. The van der Waals surface area contributed by atoms with Crippen LogP contribution in [0.5, 0.6) is 0 Å². The zero-order valence-electron chi connectivity index (χ0n) is 35.2. The number of likely N-dealkylation sites (tertiary alicyclic amines) is 1. The van der Waals surface area contributed by atoms with Gasteiger partial charge < -0.3 is 19.8 Å². The highest BCUT2D eigenvalue weighted by atomic mass is 16.5. The SMILES string of the molecule is CCCCCCOC(C)C1=C(C)/C2=C/C3=NC(=C4/C(=O)N(CCCCCC)C(=O)C5C(C)=C(/C=c6\[nH]/c(c(C)c6CC)=C\C1=N2)NC45)/[C@@H](CCC(=O)OC)[C@@H]3C. The predicted octanol–water partition coefficient (Wildman–Crippen LogP) is 6.83. The minimum atomic E-state index is -0.577. The van der Waals surface area contributed by atoms with Gasteiger partial charge in [0.25, 0.3) is 5.91 Å². The van der Waals surface area contributed by atoms with E-state index >= 15 is 0 Å².